The molecule has 0 radical (unpaired) electrons. The summed E-state index contributed by atoms with van der Waals surface area (Å²) in [4.78, 5) is 15.6. The van der Waals surface area contributed by atoms with Gasteiger partial charge in [-0.25, -0.2) is 9.78 Å². The standard InChI is InChI=1S/C14H14BrN3O/c15-12-5-3-4-11(10-12)7-9-17-14(19)18-13-6-1-2-8-16-13/h1-6,8,10H,7,9H2,(H2,16,17,18,19). The van der Waals surface area contributed by atoms with Crippen molar-refractivity contribution >= 4 is 27.8 Å². The van der Waals surface area contributed by atoms with Gasteiger partial charge in [0.15, 0.2) is 0 Å². The normalized spacial score (nSPS) is 9.95. The van der Waals surface area contributed by atoms with Crippen LogP contribution in [0.4, 0.5) is 10.6 Å². The molecule has 4 nitrogen and oxygen atoms in total. The van der Waals surface area contributed by atoms with Crippen LogP contribution in [0.2, 0.25) is 0 Å². The number of nitrogens with zero attached hydrogens (tertiary/aromatic N) is 1. The van der Waals surface area contributed by atoms with E-state index >= 15 is 0 Å². The number of carbonyl (C=O) groups excluding carboxylic acids is 1. The van der Waals surface area contributed by atoms with Crippen molar-refractivity contribution in [1.29, 1.82) is 0 Å². The second-order valence-electron chi connectivity index (χ2n) is 3.98. The maximum Gasteiger partial charge on any atom is 0.320 e. The second-order valence-corrected chi connectivity index (χ2v) is 4.89. The van der Waals surface area contributed by atoms with Gasteiger partial charge in [-0.05, 0) is 36.2 Å². The lowest BCUT2D eigenvalue weighted by Gasteiger charge is -2.07. The van der Waals surface area contributed by atoms with E-state index in [1.54, 1.807) is 18.3 Å². The summed E-state index contributed by atoms with van der Waals surface area (Å²) in [5.41, 5.74) is 1.17. The van der Waals surface area contributed by atoms with E-state index in [1.807, 2.05) is 30.3 Å². The molecule has 0 aliphatic rings. The molecule has 0 unspecified atom stereocenters. The predicted molar refractivity (Wildman–Crippen MR) is 79.1 cm³/mol. The van der Waals surface area contributed by atoms with E-state index in [2.05, 4.69) is 31.5 Å². The second kappa shape index (κ2) is 6.89. The minimum absolute atomic E-state index is 0.242. The molecule has 2 rings (SSSR count). The van der Waals surface area contributed by atoms with Gasteiger partial charge in [0.25, 0.3) is 0 Å². The van der Waals surface area contributed by atoms with E-state index in [1.165, 1.54) is 5.56 Å². The summed E-state index contributed by atoms with van der Waals surface area (Å²) < 4.78 is 1.04. The Hall–Kier alpha value is -1.88. The Balaban J connectivity index is 1.75. The minimum Gasteiger partial charge on any atom is -0.337 e. The largest absolute Gasteiger partial charge is 0.337 e. The molecular formula is C14H14BrN3O. The van der Waals surface area contributed by atoms with Crippen LogP contribution in [0.25, 0.3) is 0 Å². The summed E-state index contributed by atoms with van der Waals surface area (Å²) in [5, 5.41) is 5.46. The average Bonchev–Trinajstić information content (AvgIpc) is 2.40. The monoisotopic (exact) mass is 319 g/mol. The summed E-state index contributed by atoms with van der Waals surface area (Å²) in [6.07, 6.45) is 2.42. The number of benzene rings is 1. The van der Waals surface area contributed by atoms with Crippen molar-refractivity contribution in [2.75, 3.05) is 11.9 Å². The van der Waals surface area contributed by atoms with Crippen LogP contribution in [-0.4, -0.2) is 17.6 Å². The third-order valence-electron chi connectivity index (χ3n) is 2.49. The van der Waals surface area contributed by atoms with E-state index in [-0.39, 0.29) is 6.03 Å². The summed E-state index contributed by atoms with van der Waals surface area (Å²) in [7, 11) is 0. The van der Waals surface area contributed by atoms with Crippen LogP contribution in [-0.2, 0) is 6.42 Å². The van der Waals surface area contributed by atoms with E-state index < -0.39 is 0 Å². The van der Waals surface area contributed by atoms with Crippen LogP contribution in [0.3, 0.4) is 0 Å². The van der Waals surface area contributed by atoms with Crippen molar-refractivity contribution in [2.45, 2.75) is 6.42 Å². The first-order valence-corrected chi connectivity index (χ1v) is 6.74. The topological polar surface area (TPSA) is 54.0 Å². The first kappa shape index (κ1) is 13.5. The smallest absolute Gasteiger partial charge is 0.320 e. The Bertz CT molecular complexity index is 545. The van der Waals surface area contributed by atoms with Gasteiger partial charge in [0.05, 0.1) is 0 Å². The number of anilines is 1. The molecule has 1 heterocycles. The molecular weight excluding hydrogens is 306 g/mol. The van der Waals surface area contributed by atoms with Crippen molar-refractivity contribution in [2.24, 2.45) is 0 Å². The lowest BCUT2D eigenvalue weighted by Crippen LogP contribution is -2.30. The third kappa shape index (κ3) is 4.71. The highest BCUT2D eigenvalue weighted by Gasteiger charge is 2.01. The van der Waals surface area contributed by atoms with E-state index in [0.717, 1.165) is 10.9 Å². The zero-order chi connectivity index (χ0) is 13.5. The summed E-state index contributed by atoms with van der Waals surface area (Å²) in [5.74, 6) is 0.544. The number of hydrogen-bond acceptors (Lipinski definition) is 2. The van der Waals surface area contributed by atoms with Gasteiger partial charge < -0.3 is 5.32 Å². The number of amides is 2. The summed E-state index contributed by atoms with van der Waals surface area (Å²) in [6.45, 7) is 0.578. The van der Waals surface area contributed by atoms with Crippen LogP contribution in [0.1, 0.15) is 5.56 Å². The molecule has 0 spiro atoms. The number of pyridine rings is 1. The Kier molecular flexibility index (Phi) is 4.92. The predicted octanol–water partition coefficient (Wildman–Crippen LogP) is 3.21. The zero-order valence-electron chi connectivity index (χ0n) is 10.3. The fraction of sp³-hybridized carbons (Fsp3) is 0.143. The zero-order valence-corrected chi connectivity index (χ0v) is 11.9. The molecule has 0 bridgehead atoms. The fourth-order valence-electron chi connectivity index (χ4n) is 1.61. The van der Waals surface area contributed by atoms with Crippen molar-refractivity contribution in [3.05, 3.63) is 58.7 Å². The molecule has 2 amide bonds. The molecule has 0 saturated heterocycles. The van der Waals surface area contributed by atoms with Gasteiger partial charge >= 0.3 is 6.03 Å². The maximum absolute atomic E-state index is 11.6. The van der Waals surface area contributed by atoms with Crippen LogP contribution in [0.15, 0.2) is 53.1 Å². The first-order chi connectivity index (χ1) is 9.24. The van der Waals surface area contributed by atoms with E-state index in [0.29, 0.717) is 12.4 Å². The van der Waals surface area contributed by atoms with Crippen molar-refractivity contribution < 1.29 is 4.79 Å². The molecule has 0 aliphatic carbocycles. The molecule has 0 saturated carbocycles. The number of halogens is 1. The van der Waals surface area contributed by atoms with E-state index in [9.17, 15) is 4.79 Å². The molecule has 2 N–H and O–H groups in total. The summed E-state index contributed by atoms with van der Waals surface area (Å²) in [6, 6.07) is 13.2. The average molecular weight is 320 g/mol. The number of aromatic nitrogens is 1. The highest BCUT2D eigenvalue weighted by atomic mass is 79.9. The first-order valence-electron chi connectivity index (χ1n) is 5.94. The summed E-state index contributed by atoms with van der Waals surface area (Å²) >= 11 is 3.42. The van der Waals surface area contributed by atoms with Crippen molar-refractivity contribution in [3.63, 3.8) is 0 Å². The Morgan fingerprint density at radius 1 is 1.21 bits per heavy atom. The lowest BCUT2D eigenvalue weighted by atomic mass is 10.1. The van der Waals surface area contributed by atoms with E-state index in [4.69, 9.17) is 0 Å². The quantitative estimate of drug-likeness (QED) is 0.909. The molecule has 98 valence electrons. The molecule has 5 heteroatoms. The van der Waals surface area contributed by atoms with Crippen LogP contribution < -0.4 is 10.6 Å². The molecule has 0 fully saturated rings. The van der Waals surface area contributed by atoms with Gasteiger partial charge in [0, 0.05) is 17.2 Å². The Morgan fingerprint density at radius 3 is 2.84 bits per heavy atom. The fourth-order valence-corrected chi connectivity index (χ4v) is 2.06. The van der Waals surface area contributed by atoms with Gasteiger partial charge in [-0.3, -0.25) is 5.32 Å². The van der Waals surface area contributed by atoms with Crippen LogP contribution in [0, 0.1) is 0 Å². The highest BCUT2D eigenvalue weighted by Crippen LogP contribution is 2.11. The van der Waals surface area contributed by atoms with Gasteiger partial charge in [-0.2, -0.15) is 0 Å². The molecule has 1 aromatic carbocycles. The Labute approximate surface area is 120 Å². The van der Waals surface area contributed by atoms with Crippen molar-refractivity contribution in [3.8, 4) is 0 Å². The molecule has 19 heavy (non-hydrogen) atoms. The molecule has 0 aliphatic heterocycles. The maximum atomic E-state index is 11.6. The number of urea groups is 1. The Morgan fingerprint density at radius 2 is 2.11 bits per heavy atom. The number of hydrogen-bond donors (Lipinski definition) is 2. The molecule has 0 atom stereocenters. The van der Waals surface area contributed by atoms with Crippen molar-refractivity contribution in [1.82, 2.24) is 10.3 Å². The SMILES string of the molecule is O=C(NCCc1cccc(Br)c1)Nc1ccccn1. The van der Waals surface area contributed by atoms with Gasteiger partial charge in [0.2, 0.25) is 0 Å². The minimum atomic E-state index is -0.242. The molecule has 2 aromatic rings. The third-order valence-corrected chi connectivity index (χ3v) is 2.99. The number of rotatable bonds is 4. The lowest BCUT2D eigenvalue weighted by molar-refractivity contribution is 0.252. The number of carbonyl (C=O) groups is 1. The van der Waals surface area contributed by atoms with Crippen LogP contribution >= 0.6 is 15.9 Å². The highest BCUT2D eigenvalue weighted by molar-refractivity contribution is 9.10. The van der Waals surface area contributed by atoms with Crippen LogP contribution in [0.5, 0.6) is 0 Å². The van der Waals surface area contributed by atoms with Gasteiger partial charge in [-0.15, -0.1) is 0 Å². The molecule has 1 aromatic heterocycles. The number of nitrogens with one attached hydrogen (secondary N) is 2. The van der Waals surface area contributed by atoms with Gasteiger partial charge in [0.1, 0.15) is 5.82 Å². The van der Waals surface area contributed by atoms with Gasteiger partial charge in [-0.1, -0.05) is 34.1 Å².